The molecule has 0 amide bonds. The van der Waals surface area contributed by atoms with Gasteiger partial charge in [-0.15, -0.1) is 12.4 Å². The molecule has 0 saturated carbocycles. The summed E-state index contributed by atoms with van der Waals surface area (Å²) in [6.45, 7) is 1.73. The lowest BCUT2D eigenvalue weighted by molar-refractivity contribution is 0.183. The number of rotatable bonds is 2. The SMILES string of the molecule is CN1CCC(Oc2cccc(Cl)c2Cl)c2ccoc2C1.Cl. The molecule has 3 rings (SSSR count). The summed E-state index contributed by atoms with van der Waals surface area (Å²) >= 11 is 12.2. The highest BCUT2D eigenvalue weighted by molar-refractivity contribution is 6.42. The van der Waals surface area contributed by atoms with Crippen LogP contribution in [0.15, 0.2) is 34.9 Å². The molecule has 0 radical (unpaired) electrons. The number of ether oxygens (including phenoxy) is 1. The highest BCUT2D eigenvalue weighted by atomic mass is 35.5. The lowest BCUT2D eigenvalue weighted by atomic mass is 10.1. The van der Waals surface area contributed by atoms with Crippen molar-refractivity contribution in [2.45, 2.75) is 19.1 Å². The Hall–Kier alpha value is -0.870. The quantitative estimate of drug-likeness (QED) is 0.766. The molecule has 0 bridgehead atoms. The van der Waals surface area contributed by atoms with Crippen molar-refractivity contribution in [2.24, 2.45) is 0 Å². The minimum Gasteiger partial charge on any atom is -0.484 e. The number of furan rings is 1. The van der Waals surface area contributed by atoms with E-state index in [-0.39, 0.29) is 18.5 Å². The highest BCUT2D eigenvalue weighted by Gasteiger charge is 2.25. The maximum Gasteiger partial charge on any atom is 0.140 e. The van der Waals surface area contributed by atoms with Crippen molar-refractivity contribution in [3.05, 3.63) is 51.9 Å². The fourth-order valence-corrected chi connectivity index (χ4v) is 2.77. The molecular formula is C15H16Cl3NO2. The van der Waals surface area contributed by atoms with Crippen LogP contribution in [0.4, 0.5) is 0 Å². The summed E-state index contributed by atoms with van der Waals surface area (Å²) < 4.78 is 11.6. The Kier molecular flexibility index (Phi) is 5.44. The van der Waals surface area contributed by atoms with Gasteiger partial charge in [-0.25, -0.2) is 0 Å². The van der Waals surface area contributed by atoms with Gasteiger partial charge in [0.15, 0.2) is 0 Å². The topological polar surface area (TPSA) is 25.6 Å². The Labute approximate surface area is 140 Å². The number of nitrogens with zero attached hydrogens (tertiary/aromatic N) is 1. The van der Waals surface area contributed by atoms with Gasteiger partial charge in [0.1, 0.15) is 22.6 Å². The summed E-state index contributed by atoms with van der Waals surface area (Å²) in [6, 6.07) is 7.39. The van der Waals surface area contributed by atoms with E-state index in [1.165, 1.54) is 0 Å². The second-order valence-electron chi connectivity index (χ2n) is 4.98. The van der Waals surface area contributed by atoms with Crippen molar-refractivity contribution in [3.63, 3.8) is 0 Å². The zero-order valence-corrected chi connectivity index (χ0v) is 13.8. The molecule has 21 heavy (non-hydrogen) atoms. The minimum atomic E-state index is -0.0651. The second kappa shape index (κ2) is 6.93. The monoisotopic (exact) mass is 347 g/mol. The Balaban J connectivity index is 0.00000161. The summed E-state index contributed by atoms with van der Waals surface area (Å²) in [4.78, 5) is 2.21. The first-order valence-corrected chi connectivity index (χ1v) is 7.26. The maximum atomic E-state index is 6.19. The maximum absolute atomic E-state index is 6.19. The average Bonchev–Trinajstić information content (AvgIpc) is 2.82. The number of hydrogen-bond acceptors (Lipinski definition) is 3. The van der Waals surface area contributed by atoms with E-state index in [4.69, 9.17) is 32.4 Å². The van der Waals surface area contributed by atoms with Crippen LogP contribution in [0.25, 0.3) is 0 Å². The molecule has 3 nitrogen and oxygen atoms in total. The third-order valence-corrected chi connectivity index (χ3v) is 4.30. The van der Waals surface area contributed by atoms with Crippen LogP contribution in [0.5, 0.6) is 5.75 Å². The summed E-state index contributed by atoms with van der Waals surface area (Å²) in [7, 11) is 2.07. The Morgan fingerprint density at radius 2 is 2.10 bits per heavy atom. The molecule has 2 aromatic rings. The third-order valence-electron chi connectivity index (χ3n) is 3.50. The van der Waals surface area contributed by atoms with E-state index in [0.717, 1.165) is 30.8 Å². The van der Waals surface area contributed by atoms with Crippen LogP contribution >= 0.6 is 35.6 Å². The van der Waals surface area contributed by atoms with Crippen LogP contribution in [-0.4, -0.2) is 18.5 Å². The number of benzene rings is 1. The fraction of sp³-hybridized carbons (Fsp3) is 0.333. The lowest BCUT2D eigenvalue weighted by Crippen LogP contribution is -2.18. The number of hydrogen-bond donors (Lipinski definition) is 0. The highest BCUT2D eigenvalue weighted by Crippen LogP contribution is 2.37. The number of halogens is 3. The first kappa shape index (κ1) is 16.5. The molecular weight excluding hydrogens is 333 g/mol. The van der Waals surface area contributed by atoms with E-state index in [1.807, 2.05) is 18.2 Å². The van der Waals surface area contributed by atoms with Gasteiger partial charge in [-0.05, 0) is 25.2 Å². The summed E-state index contributed by atoms with van der Waals surface area (Å²) in [6.07, 6.45) is 2.52. The lowest BCUT2D eigenvalue weighted by Gasteiger charge is -2.19. The number of fused-ring (bicyclic) bond motifs is 1. The average molecular weight is 349 g/mol. The van der Waals surface area contributed by atoms with Crippen molar-refractivity contribution in [3.8, 4) is 5.75 Å². The van der Waals surface area contributed by atoms with Crippen molar-refractivity contribution in [1.82, 2.24) is 4.90 Å². The summed E-state index contributed by atoms with van der Waals surface area (Å²) in [5, 5.41) is 0.958. The van der Waals surface area contributed by atoms with E-state index in [2.05, 4.69) is 11.9 Å². The van der Waals surface area contributed by atoms with Gasteiger partial charge in [0.05, 0.1) is 17.8 Å². The van der Waals surface area contributed by atoms with Gasteiger partial charge in [-0.3, -0.25) is 4.90 Å². The Bertz CT molecular complexity index is 615. The van der Waals surface area contributed by atoms with Crippen LogP contribution in [0.3, 0.4) is 0 Å². The standard InChI is InChI=1S/C15H15Cl2NO2.ClH/c1-18-7-5-12(10-6-8-19-14(10)9-18)20-13-4-2-3-11(16)15(13)17;/h2-4,6,8,12H,5,7,9H2,1H3;1H. The smallest absolute Gasteiger partial charge is 0.140 e. The molecule has 1 unspecified atom stereocenters. The molecule has 0 fully saturated rings. The van der Waals surface area contributed by atoms with Gasteiger partial charge in [0.2, 0.25) is 0 Å². The van der Waals surface area contributed by atoms with E-state index in [9.17, 15) is 0 Å². The van der Waals surface area contributed by atoms with E-state index < -0.39 is 0 Å². The van der Waals surface area contributed by atoms with Gasteiger partial charge in [-0.1, -0.05) is 29.3 Å². The first-order chi connectivity index (χ1) is 9.65. The molecule has 2 heterocycles. The molecule has 0 N–H and O–H groups in total. The molecule has 0 aliphatic carbocycles. The Morgan fingerprint density at radius 1 is 1.29 bits per heavy atom. The third kappa shape index (κ3) is 3.49. The first-order valence-electron chi connectivity index (χ1n) is 6.50. The zero-order valence-electron chi connectivity index (χ0n) is 11.5. The van der Waals surface area contributed by atoms with Gasteiger partial charge < -0.3 is 9.15 Å². The summed E-state index contributed by atoms with van der Waals surface area (Å²) in [5.74, 6) is 1.56. The van der Waals surface area contributed by atoms with Gasteiger partial charge in [-0.2, -0.15) is 0 Å². The van der Waals surface area contributed by atoms with Gasteiger partial charge in [0.25, 0.3) is 0 Å². The fourth-order valence-electron chi connectivity index (χ4n) is 2.43. The second-order valence-corrected chi connectivity index (χ2v) is 5.77. The molecule has 1 aromatic heterocycles. The van der Waals surface area contributed by atoms with Crippen LogP contribution in [0, 0.1) is 0 Å². The molecule has 114 valence electrons. The van der Waals surface area contributed by atoms with Crippen molar-refractivity contribution >= 4 is 35.6 Å². The predicted octanol–water partition coefficient (Wildman–Crippen LogP) is 4.96. The van der Waals surface area contributed by atoms with E-state index in [1.54, 1.807) is 12.3 Å². The zero-order chi connectivity index (χ0) is 14.1. The molecule has 0 saturated heterocycles. The van der Waals surface area contributed by atoms with Crippen molar-refractivity contribution < 1.29 is 9.15 Å². The summed E-state index contributed by atoms with van der Waals surface area (Å²) in [5.41, 5.74) is 1.09. The normalized spacial score (nSPS) is 18.5. The molecule has 0 spiro atoms. The molecule has 1 atom stereocenters. The van der Waals surface area contributed by atoms with Crippen LogP contribution in [-0.2, 0) is 6.54 Å². The van der Waals surface area contributed by atoms with Gasteiger partial charge >= 0.3 is 0 Å². The van der Waals surface area contributed by atoms with E-state index >= 15 is 0 Å². The predicted molar refractivity (Wildman–Crippen MR) is 86.7 cm³/mol. The molecule has 1 aromatic carbocycles. The van der Waals surface area contributed by atoms with Crippen molar-refractivity contribution in [2.75, 3.05) is 13.6 Å². The largest absolute Gasteiger partial charge is 0.484 e. The van der Waals surface area contributed by atoms with Crippen LogP contribution < -0.4 is 4.74 Å². The van der Waals surface area contributed by atoms with E-state index in [0.29, 0.717) is 15.8 Å². The molecule has 1 aliphatic heterocycles. The van der Waals surface area contributed by atoms with Crippen LogP contribution in [0.1, 0.15) is 23.8 Å². The van der Waals surface area contributed by atoms with Crippen LogP contribution in [0.2, 0.25) is 10.0 Å². The minimum absolute atomic E-state index is 0. The molecule has 6 heteroatoms. The Morgan fingerprint density at radius 3 is 2.90 bits per heavy atom. The van der Waals surface area contributed by atoms with Crippen molar-refractivity contribution in [1.29, 1.82) is 0 Å². The van der Waals surface area contributed by atoms with Gasteiger partial charge in [0, 0.05) is 18.5 Å². The molecule has 1 aliphatic rings.